The predicted octanol–water partition coefficient (Wildman–Crippen LogP) is 3.63. The van der Waals surface area contributed by atoms with Crippen molar-refractivity contribution in [2.45, 2.75) is 59.5 Å². The van der Waals surface area contributed by atoms with Gasteiger partial charge in [-0.15, -0.1) is 0 Å². The quantitative estimate of drug-likeness (QED) is 0.610. The van der Waals surface area contributed by atoms with Gasteiger partial charge in [0, 0.05) is 7.11 Å². The van der Waals surface area contributed by atoms with E-state index in [-0.39, 0.29) is 5.60 Å². The molecule has 0 bridgehead atoms. The molecule has 0 atom stereocenters. The summed E-state index contributed by atoms with van der Waals surface area (Å²) in [6, 6.07) is 0. The van der Waals surface area contributed by atoms with Gasteiger partial charge in [-0.25, -0.2) is 0 Å². The number of hydrogen-bond acceptors (Lipinski definition) is 1. The van der Waals surface area contributed by atoms with Crippen LogP contribution in [0.4, 0.5) is 0 Å². The van der Waals surface area contributed by atoms with Crippen LogP contribution in [0.5, 0.6) is 0 Å². The molecule has 0 amide bonds. The van der Waals surface area contributed by atoms with E-state index in [4.69, 9.17) is 4.74 Å². The van der Waals surface area contributed by atoms with Crippen LogP contribution in [0.2, 0.25) is 0 Å². The van der Waals surface area contributed by atoms with Crippen LogP contribution in [0, 0.1) is 0 Å². The van der Waals surface area contributed by atoms with Crippen molar-refractivity contribution in [1.29, 1.82) is 0 Å². The molecule has 0 aromatic rings. The zero-order chi connectivity index (χ0) is 9.33. The zero-order valence-corrected chi connectivity index (χ0v) is 9.03. The van der Waals surface area contributed by atoms with E-state index < -0.39 is 0 Å². The van der Waals surface area contributed by atoms with Gasteiger partial charge in [0.2, 0.25) is 0 Å². The van der Waals surface area contributed by atoms with Crippen molar-refractivity contribution < 1.29 is 4.74 Å². The van der Waals surface area contributed by atoms with Crippen LogP contribution in [-0.2, 0) is 4.74 Å². The molecule has 0 aromatic carbocycles. The van der Waals surface area contributed by atoms with Crippen LogP contribution in [0.15, 0.2) is 0 Å². The second-order valence-corrected chi connectivity index (χ2v) is 3.07. The summed E-state index contributed by atoms with van der Waals surface area (Å²) in [5.74, 6) is 0. The van der Waals surface area contributed by atoms with Gasteiger partial charge in [-0.3, -0.25) is 0 Å². The van der Waals surface area contributed by atoms with Crippen LogP contribution in [0.3, 0.4) is 0 Å². The van der Waals surface area contributed by atoms with Crippen LogP contribution in [0.25, 0.3) is 0 Å². The fraction of sp³-hybridized carbons (Fsp3) is 1.00. The van der Waals surface area contributed by atoms with Crippen LogP contribution < -0.4 is 0 Å². The van der Waals surface area contributed by atoms with E-state index in [0.717, 1.165) is 0 Å². The van der Waals surface area contributed by atoms with Crippen molar-refractivity contribution in [2.75, 3.05) is 7.11 Å². The Kier molecular flexibility index (Phi) is 9.92. The van der Waals surface area contributed by atoms with Crippen molar-refractivity contribution in [2.24, 2.45) is 0 Å². The minimum Gasteiger partial charge on any atom is -0.379 e. The maximum atomic E-state index is 5.24. The Bertz CT molecular complexity index is 67.3. The Hall–Kier alpha value is -0.0400. The first kappa shape index (κ1) is 13.5. The normalized spacial score (nSPS) is 10.4. The van der Waals surface area contributed by atoms with Gasteiger partial charge < -0.3 is 4.74 Å². The topological polar surface area (TPSA) is 9.23 Å². The summed E-state index contributed by atoms with van der Waals surface area (Å²) in [6.07, 6.45) is 3.69. The number of unbranched alkanes of at least 4 members (excludes halogenated alkanes) is 1. The first-order chi connectivity index (χ1) is 5.12. The lowest BCUT2D eigenvalue weighted by molar-refractivity contribution is 0.0138. The highest BCUT2D eigenvalue weighted by atomic mass is 16.5. The van der Waals surface area contributed by atoms with E-state index in [1.54, 1.807) is 7.11 Å². The van der Waals surface area contributed by atoms with E-state index in [9.17, 15) is 0 Å². The molecule has 11 heavy (non-hydrogen) atoms. The predicted molar refractivity (Wildman–Crippen MR) is 52.0 cm³/mol. The molecule has 0 unspecified atom stereocenters. The van der Waals surface area contributed by atoms with Crippen LogP contribution >= 0.6 is 0 Å². The molecule has 0 aliphatic rings. The molecule has 0 spiro atoms. The Morgan fingerprint density at radius 1 is 1.18 bits per heavy atom. The Balaban J connectivity index is 0. The summed E-state index contributed by atoms with van der Waals surface area (Å²) in [6.45, 7) is 10.5. The fourth-order valence-electron chi connectivity index (χ4n) is 0.705. The third kappa shape index (κ3) is 9.96. The Labute approximate surface area is 72.1 Å². The molecule has 0 saturated carbocycles. The third-order valence-corrected chi connectivity index (χ3v) is 1.68. The molecule has 1 nitrogen and oxygen atoms in total. The zero-order valence-electron chi connectivity index (χ0n) is 9.03. The fourth-order valence-corrected chi connectivity index (χ4v) is 0.705. The standard InChI is InChI=1S/C8H18O.C2H6/c1-5-6-7-8(2,3)9-4;1-2/h5-7H2,1-4H3;1-2H3. The van der Waals surface area contributed by atoms with Crippen molar-refractivity contribution in [3.63, 3.8) is 0 Å². The van der Waals surface area contributed by atoms with Crippen molar-refractivity contribution in [1.82, 2.24) is 0 Å². The van der Waals surface area contributed by atoms with Gasteiger partial charge in [0.15, 0.2) is 0 Å². The second-order valence-electron chi connectivity index (χ2n) is 3.07. The maximum absolute atomic E-state index is 5.24. The lowest BCUT2D eigenvalue weighted by Gasteiger charge is -2.21. The molecule has 0 heterocycles. The molecule has 1 heteroatoms. The number of hydrogen-bond donors (Lipinski definition) is 0. The van der Waals surface area contributed by atoms with Gasteiger partial charge in [0.1, 0.15) is 0 Å². The van der Waals surface area contributed by atoms with Crippen molar-refractivity contribution >= 4 is 0 Å². The van der Waals surface area contributed by atoms with E-state index in [1.165, 1.54) is 19.3 Å². The van der Waals surface area contributed by atoms with E-state index in [1.807, 2.05) is 13.8 Å². The Morgan fingerprint density at radius 3 is 1.91 bits per heavy atom. The molecule has 0 aliphatic carbocycles. The van der Waals surface area contributed by atoms with E-state index in [2.05, 4.69) is 20.8 Å². The molecular formula is C10H24O. The number of methoxy groups -OCH3 is 1. The third-order valence-electron chi connectivity index (χ3n) is 1.68. The molecule has 0 aromatic heterocycles. The maximum Gasteiger partial charge on any atom is 0.0622 e. The van der Waals surface area contributed by atoms with Gasteiger partial charge in [0.05, 0.1) is 5.60 Å². The molecule has 0 N–H and O–H groups in total. The van der Waals surface area contributed by atoms with Gasteiger partial charge >= 0.3 is 0 Å². The summed E-state index contributed by atoms with van der Waals surface area (Å²) in [5.41, 5.74) is 0.0933. The molecule has 70 valence electrons. The smallest absolute Gasteiger partial charge is 0.0622 e. The minimum absolute atomic E-state index is 0.0933. The van der Waals surface area contributed by atoms with Crippen molar-refractivity contribution in [3.05, 3.63) is 0 Å². The van der Waals surface area contributed by atoms with Gasteiger partial charge in [-0.05, 0) is 20.3 Å². The molecule has 0 saturated heterocycles. The average molecular weight is 160 g/mol. The summed E-state index contributed by atoms with van der Waals surface area (Å²) in [7, 11) is 1.77. The summed E-state index contributed by atoms with van der Waals surface area (Å²) >= 11 is 0. The first-order valence-electron chi connectivity index (χ1n) is 4.67. The SMILES string of the molecule is CC.CCCCC(C)(C)OC. The summed E-state index contributed by atoms with van der Waals surface area (Å²) in [4.78, 5) is 0. The van der Waals surface area contributed by atoms with Crippen molar-refractivity contribution in [3.8, 4) is 0 Å². The molecular weight excluding hydrogens is 136 g/mol. The second kappa shape index (κ2) is 8.06. The van der Waals surface area contributed by atoms with Crippen LogP contribution in [-0.4, -0.2) is 12.7 Å². The number of ether oxygens (including phenoxy) is 1. The highest BCUT2D eigenvalue weighted by Crippen LogP contribution is 2.15. The van der Waals surface area contributed by atoms with Gasteiger partial charge in [0.25, 0.3) is 0 Å². The monoisotopic (exact) mass is 160 g/mol. The largest absolute Gasteiger partial charge is 0.379 e. The Morgan fingerprint density at radius 2 is 1.64 bits per heavy atom. The van der Waals surface area contributed by atoms with Crippen LogP contribution in [0.1, 0.15) is 53.9 Å². The van der Waals surface area contributed by atoms with E-state index >= 15 is 0 Å². The summed E-state index contributed by atoms with van der Waals surface area (Å²) < 4.78 is 5.24. The molecule has 0 aliphatic heterocycles. The highest BCUT2D eigenvalue weighted by molar-refractivity contribution is 4.66. The summed E-state index contributed by atoms with van der Waals surface area (Å²) in [5, 5.41) is 0. The lowest BCUT2D eigenvalue weighted by atomic mass is 10.0. The van der Waals surface area contributed by atoms with Gasteiger partial charge in [-0.1, -0.05) is 33.6 Å². The molecule has 0 rings (SSSR count). The highest BCUT2D eigenvalue weighted by Gasteiger charge is 2.13. The van der Waals surface area contributed by atoms with E-state index in [0.29, 0.717) is 0 Å². The molecule has 0 fully saturated rings. The lowest BCUT2D eigenvalue weighted by Crippen LogP contribution is -2.21. The molecule has 0 radical (unpaired) electrons. The number of rotatable bonds is 4. The van der Waals surface area contributed by atoms with Gasteiger partial charge in [-0.2, -0.15) is 0 Å². The average Bonchev–Trinajstić information content (AvgIpc) is 2.05. The first-order valence-corrected chi connectivity index (χ1v) is 4.67. The minimum atomic E-state index is 0.0933.